The molecule has 0 saturated carbocycles. The van der Waals surface area contributed by atoms with Gasteiger partial charge in [-0.1, -0.05) is 42.4 Å². The standard InChI is InChI=1S/C15H16ClN3OS2/c1-7(2)12-5-10-13(16)17-15(18-14(10)22-12)21-6-11-8(3)19-20-9(11)4/h5,7H,6H2,1-4H3. The normalized spacial score (nSPS) is 11.7. The Morgan fingerprint density at radius 1 is 1.32 bits per heavy atom. The van der Waals surface area contributed by atoms with E-state index in [9.17, 15) is 0 Å². The van der Waals surface area contributed by atoms with Crippen LogP contribution in [0.1, 0.15) is 41.7 Å². The second-order valence-electron chi connectivity index (χ2n) is 5.41. The summed E-state index contributed by atoms with van der Waals surface area (Å²) in [7, 11) is 0. The fourth-order valence-electron chi connectivity index (χ4n) is 2.08. The van der Waals surface area contributed by atoms with E-state index in [4.69, 9.17) is 16.1 Å². The van der Waals surface area contributed by atoms with Crippen molar-refractivity contribution in [1.29, 1.82) is 0 Å². The lowest BCUT2D eigenvalue weighted by Gasteiger charge is -2.01. The van der Waals surface area contributed by atoms with E-state index in [0.29, 0.717) is 16.2 Å². The molecule has 0 fully saturated rings. The van der Waals surface area contributed by atoms with E-state index in [2.05, 4.69) is 35.0 Å². The molecule has 116 valence electrons. The first-order valence-electron chi connectivity index (χ1n) is 6.97. The largest absolute Gasteiger partial charge is 0.361 e. The number of aryl methyl sites for hydroxylation is 2. The van der Waals surface area contributed by atoms with Crippen molar-refractivity contribution in [2.24, 2.45) is 0 Å². The lowest BCUT2D eigenvalue weighted by molar-refractivity contribution is 0.392. The molecule has 7 heteroatoms. The Morgan fingerprint density at radius 3 is 2.73 bits per heavy atom. The lowest BCUT2D eigenvalue weighted by atomic mass is 10.2. The van der Waals surface area contributed by atoms with Gasteiger partial charge in [0.1, 0.15) is 15.7 Å². The topological polar surface area (TPSA) is 51.8 Å². The smallest absolute Gasteiger partial charge is 0.190 e. The van der Waals surface area contributed by atoms with Crippen molar-refractivity contribution in [3.05, 3.63) is 33.1 Å². The van der Waals surface area contributed by atoms with E-state index in [1.807, 2.05) is 13.8 Å². The van der Waals surface area contributed by atoms with Gasteiger partial charge in [-0.2, -0.15) is 0 Å². The molecule has 0 spiro atoms. The first-order chi connectivity index (χ1) is 10.5. The van der Waals surface area contributed by atoms with Crippen molar-refractivity contribution in [2.75, 3.05) is 0 Å². The van der Waals surface area contributed by atoms with Crippen LogP contribution in [0.2, 0.25) is 5.15 Å². The molecule has 0 radical (unpaired) electrons. The van der Waals surface area contributed by atoms with Crippen molar-refractivity contribution in [2.45, 2.75) is 44.5 Å². The summed E-state index contributed by atoms with van der Waals surface area (Å²) in [6, 6.07) is 2.09. The van der Waals surface area contributed by atoms with Gasteiger partial charge in [-0.3, -0.25) is 0 Å². The van der Waals surface area contributed by atoms with Crippen molar-refractivity contribution in [3.63, 3.8) is 0 Å². The third-order valence-electron chi connectivity index (χ3n) is 3.44. The van der Waals surface area contributed by atoms with Gasteiger partial charge >= 0.3 is 0 Å². The van der Waals surface area contributed by atoms with Gasteiger partial charge in [-0.25, -0.2) is 9.97 Å². The summed E-state index contributed by atoms with van der Waals surface area (Å²) in [6.45, 7) is 8.19. The van der Waals surface area contributed by atoms with Gasteiger partial charge < -0.3 is 4.52 Å². The molecule has 0 amide bonds. The number of hydrogen-bond acceptors (Lipinski definition) is 6. The minimum absolute atomic E-state index is 0.466. The minimum Gasteiger partial charge on any atom is -0.361 e. The van der Waals surface area contributed by atoms with Crippen molar-refractivity contribution < 1.29 is 4.52 Å². The predicted octanol–water partition coefficient (Wildman–Crippen LogP) is 5.37. The third kappa shape index (κ3) is 3.00. The predicted molar refractivity (Wildman–Crippen MR) is 92.1 cm³/mol. The van der Waals surface area contributed by atoms with Crippen LogP contribution in [0, 0.1) is 13.8 Å². The van der Waals surface area contributed by atoms with Crippen molar-refractivity contribution in [3.8, 4) is 0 Å². The zero-order valence-electron chi connectivity index (χ0n) is 12.8. The number of hydrogen-bond donors (Lipinski definition) is 0. The van der Waals surface area contributed by atoms with Gasteiger partial charge in [0.25, 0.3) is 0 Å². The van der Waals surface area contributed by atoms with E-state index in [0.717, 1.165) is 33.0 Å². The monoisotopic (exact) mass is 353 g/mol. The fraction of sp³-hybridized carbons (Fsp3) is 0.400. The second kappa shape index (κ2) is 6.18. The summed E-state index contributed by atoms with van der Waals surface area (Å²) in [5.41, 5.74) is 2.01. The van der Waals surface area contributed by atoms with Gasteiger partial charge in [0.05, 0.1) is 5.69 Å². The van der Waals surface area contributed by atoms with E-state index in [-0.39, 0.29) is 0 Å². The maximum Gasteiger partial charge on any atom is 0.190 e. The molecule has 3 rings (SSSR count). The second-order valence-corrected chi connectivity index (χ2v) is 7.77. The molecule has 0 aliphatic carbocycles. The van der Waals surface area contributed by atoms with Crippen LogP contribution in [0.25, 0.3) is 10.2 Å². The van der Waals surface area contributed by atoms with Gasteiger partial charge in [0, 0.05) is 21.6 Å². The first-order valence-corrected chi connectivity index (χ1v) is 9.15. The van der Waals surface area contributed by atoms with Gasteiger partial charge in [-0.15, -0.1) is 11.3 Å². The Labute approximate surface area is 142 Å². The number of aromatic nitrogens is 3. The fourth-order valence-corrected chi connectivity index (χ4v) is 4.50. The summed E-state index contributed by atoms with van der Waals surface area (Å²) in [6.07, 6.45) is 0. The lowest BCUT2D eigenvalue weighted by Crippen LogP contribution is -1.90. The molecule has 0 aromatic carbocycles. The highest BCUT2D eigenvalue weighted by atomic mass is 35.5. The Bertz CT molecular complexity index is 806. The molecule has 3 heterocycles. The first kappa shape index (κ1) is 15.8. The van der Waals surface area contributed by atoms with Crippen molar-refractivity contribution in [1.82, 2.24) is 15.1 Å². The Kier molecular flexibility index (Phi) is 4.43. The van der Waals surface area contributed by atoms with Crippen LogP contribution >= 0.6 is 34.7 Å². The Hall–Kier alpha value is -1.11. The third-order valence-corrected chi connectivity index (χ3v) is 5.93. The summed E-state index contributed by atoms with van der Waals surface area (Å²) in [5, 5.41) is 6.12. The van der Waals surface area contributed by atoms with Crippen LogP contribution < -0.4 is 0 Å². The number of rotatable bonds is 4. The molecule has 3 aromatic heterocycles. The average Bonchev–Trinajstić information content (AvgIpc) is 3.02. The van der Waals surface area contributed by atoms with Crippen LogP contribution in [0.4, 0.5) is 0 Å². The zero-order valence-corrected chi connectivity index (χ0v) is 15.2. The molecule has 0 bridgehead atoms. The SMILES string of the molecule is Cc1noc(C)c1CSc1nc(Cl)c2cc(C(C)C)sc2n1. The number of nitrogens with zero attached hydrogens (tertiary/aromatic N) is 3. The molecule has 0 N–H and O–H groups in total. The molecule has 3 aromatic rings. The highest BCUT2D eigenvalue weighted by Crippen LogP contribution is 2.34. The molecule has 0 aliphatic heterocycles. The van der Waals surface area contributed by atoms with E-state index in [1.54, 1.807) is 23.1 Å². The Balaban J connectivity index is 1.88. The minimum atomic E-state index is 0.466. The maximum absolute atomic E-state index is 6.31. The zero-order chi connectivity index (χ0) is 15.9. The average molecular weight is 354 g/mol. The number of halogens is 1. The summed E-state index contributed by atoms with van der Waals surface area (Å²) in [4.78, 5) is 11.3. The molecule has 0 unspecified atom stereocenters. The van der Waals surface area contributed by atoms with Crippen molar-refractivity contribution >= 4 is 44.9 Å². The quantitative estimate of drug-likeness (QED) is 0.358. The van der Waals surface area contributed by atoms with Crippen LogP contribution in [-0.2, 0) is 5.75 Å². The maximum atomic E-state index is 6.31. The van der Waals surface area contributed by atoms with Crippen LogP contribution in [0.15, 0.2) is 15.7 Å². The summed E-state index contributed by atoms with van der Waals surface area (Å²) < 4.78 is 5.18. The highest BCUT2D eigenvalue weighted by molar-refractivity contribution is 7.98. The summed E-state index contributed by atoms with van der Waals surface area (Å²) >= 11 is 9.55. The van der Waals surface area contributed by atoms with Gasteiger partial charge in [0.2, 0.25) is 0 Å². The summed E-state index contributed by atoms with van der Waals surface area (Å²) in [5.74, 6) is 2.04. The molecule has 4 nitrogen and oxygen atoms in total. The molecule has 0 atom stereocenters. The molecule has 0 aliphatic rings. The van der Waals surface area contributed by atoms with Crippen LogP contribution in [-0.4, -0.2) is 15.1 Å². The van der Waals surface area contributed by atoms with Crippen LogP contribution in [0.5, 0.6) is 0 Å². The van der Waals surface area contributed by atoms with E-state index >= 15 is 0 Å². The van der Waals surface area contributed by atoms with Gasteiger partial charge in [-0.05, 0) is 25.8 Å². The molecular formula is C15H16ClN3OS2. The Morgan fingerprint density at radius 2 is 2.09 bits per heavy atom. The highest BCUT2D eigenvalue weighted by Gasteiger charge is 2.14. The number of thioether (sulfide) groups is 1. The number of fused-ring (bicyclic) bond motifs is 1. The molecule has 22 heavy (non-hydrogen) atoms. The molecule has 0 saturated heterocycles. The van der Waals surface area contributed by atoms with Gasteiger partial charge in [0.15, 0.2) is 5.16 Å². The van der Waals surface area contributed by atoms with E-state index < -0.39 is 0 Å². The molecular weight excluding hydrogens is 338 g/mol. The number of thiophene rings is 1. The van der Waals surface area contributed by atoms with Crippen LogP contribution in [0.3, 0.4) is 0 Å². The van der Waals surface area contributed by atoms with E-state index in [1.165, 1.54) is 4.88 Å².